The van der Waals surface area contributed by atoms with Gasteiger partial charge in [0, 0.05) is 0 Å². The molecule has 0 aromatic heterocycles. The van der Waals surface area contributed by atoms with Gasteiger partial charge >= 0.3 is 0 Å². The Morgan fingerprint density at radius 3 is 1.46 bits per heavy atom. The van der Waals surface area contributed by atoms with Crippen molar-refractivity contribution in [2.75, 3.05) is 6.61 Å². The third-order valence-corrected chi connectivity index (χ3v) is 4.93. The predicted molar refractivity (Wildman–Crippen MR) is 106 cm³/mol. The third-order valence-electron chi connectivity index (χ3n) is 4.93. The number of rotatable bonds is 20. The molecule has 1 atom stereocenters. The molecule has 0 fully saturated rings. The first kappa shape index (κ1) is 23.9. The van der Waals surface area contributed by atoms with Crippen molar-refractivity contribution in [3.05, 3.63) is 6.42 Å². The summed E-state index contributed by atoms with van der Waals surface area (Å²) >= 11 is 0. The topological polar surface area (TPSA) is 40.5 Å². The van der Waals surface area contributed by atoms with E-state index in [4.69, 9.17) is 5.11 Å². The highest BCUT2D eigenvalue weighted by molar-refractivity contribution is 4.67. The zero-order valence-corrected chi connectivity index (χ0v) is 16.5. The largest absolute Gasteiger partial charge is 0.394 e. The highest BCUT2D eigenvalue weighted by Gasteiger charge is 2.00. The van der Waals surface area contributed by atoms with Crippen LogP contribution in [0, 0.1) is 6.42 Å². The Morgan fingerprint density at radius 2 is 1.04 bits per heavy atom. The van der Waals surface area contributed by atoms with Crippen molar-refractivity contribution in [1.29, 1.82) is 0 Å². The molecular formula is C22H45O2. The minimum Gasteiger partial charge on any atom is -0.394 e. The summed E-state index contributed by atoms with van der Waals surface area (Å²) in [7, 11) is 0. The summed E-state index contributed by atoms with van der Waals surface area (Å²) in [4.78, 5) is 0. The van der Waals surface area contributed by atoms with Gasteiger partial charge in [-0.25, -0.2) is 0 Å². The van der Waals surface area contributed by atoms with E-state index in [9.17, 15) is 5.11 Å². The Hall–Kier alpha value is -0.0800. The molecule has 0 aliphatic heterocycles. The molecular weight excluding hydrogens is 296 g/mol. The number of aliphatic hydroxyl groups excluding tert-OH is 2. The van der Waals surface area contributed by atoms with E-state index in [2.05, 4.69) is 13.3 Å². The van der Waals surface area contributed by atoms with Crippen molar-refractivity contribution in [3.63, 3.8) is 0 Å². The van der Waals surface area contributed by atoms with Gasteiger partial charge in [0.15, 0.2) is 0 Å². The molecule has 0 spiro atoms. The first-order chi connectivity index (χ1) is 11.8. The van der Waals surface area contributed by atoms with Crippen molar-refractivity contribution in [2.24, 2.45) is 0 Å². The first-order valence-electron chi connectivity index (χ1n) is 10.9. The predicted octanol–water partition coefficient (Wildman–Crippen LogP) is 6.59. The molecule has 1 radical (unpaired) electrons. The molecule has 0 aromatic carbocycles. The lowest BCUT2D eigenvalue weighted by molar-refractivity contribution is 0.0882. The molecule has 0 heterocycles. The Labute approximate surface area is 152 Å². The van der Waals surface area contributed by atoms with Crippen molar-refractivity contribution in [3.8, 4) is 0 Å². The molecule has 24 heavy (non-hydrogen) atoms. The maximum Gasteiger partial charge on any atom is 0.0771 e. The van der Waals surface area contributed by atoms with Gasteiger partial charge in [-0.2, -0.15) is 0 Å². The highest BCUT2D eigenvalue weighted by Crippen LogP contribution is 2.14. The fourth-order valence-corrected chi connectivity index (χ4v) is 3.21. The lowest BCUT2D eigenvalue weighted by Crippen LogP contribution is -2.11. The van der Waals surface area contributed by atoms with Crippen LogP contribution in [-0.4, -0.2) is 22.9 Å². The quantitative estimate of drug-likeness (QED) is 0.245. The maximum atomic E-state index is 9.22. The molecule has 0 saturated heterocycles. The van der Waals surface area contributed by atoms with Crippen LogP contribution in [-0.2, 0) is 0 Å². The van der Waals surface area contributed by atoms with E-state index in [1.807, 2.05) is 0 Å². The van der Waals surface area contributed by atoms with Crippen LogP contribution in [0.4, 0.5) is 0 Å². The second-order valence-corrected chi connectivity index (χ2v) is 7.44. The molecule has 0 aliphatic carbocycles. The summed E-state index contributed by atoms with van der Waals surface area (Å²) in [6.45, 7) is 2.18. The Kier molecular flexibility index (Phi) is 20.9. The molecule has 0 amide bonds. The highest BCUT2D eigenvalue weighted by atomic mass is 16.3. The molecule has 2 nitrogen and oxygen atoms in total. The zero-order valence-electron chi connectivity index (χ0n) is 16.5. The monoisotopic (exact) mass is 341 g/mol. The number of aliphatic hydroxyl groups is 2. The first-order valence-corrected chi connectivity index (χ1v) is 10.9. The smallest absolute Gasteiger partial charge is 0.0771 e. The van der Waals surface area contributed by atoms with Gasteiger partial charge in [-0.15, -0.1) is 0 Å². The third kappa shape index (κ3) is 20.0. The van der Waals surface area contributed by atoms with Crippen LogP contribution in [0.2, 0.25) is 0 Å². The summed E-state index contributed by atoms with van der Waals surface area (Å²) in [6.07, 6.45) is 25.7. The average Bonchev–Trinajstić information content (AvgIpc) is 2.60. The van der Waals surface area contributed by atoms with Gasteiger partial charge in [0.1, 0.15) is 0 Å². The van der Waals surface area contributed by atoms with E-state index in [-0.39, 0.29) is 6.61 Å². The van der Waals surface area contributed by atoms with E-state index in [0.717, 1.165) is 12.8 Å². The van der Waals surface area contributed by atoms with Gasteiger partial charge in [-0.3, -0.25) is 0 Å². The molecule has 0 unspecified atom stereocenters. The summed E-state index contributed by atoms with van der Waals surface area (Å²) < 4.78 is 0. The summed E-state index contributed by atoms with van der Waals surface area (Å²) in [5.74, 6) is 0. The van der Waals surface area contributed by atoms with Crippen LogP contribution in [0.5, 0.6) is 0 Å². The zero-order chi connectivity index (χ0) is 17.7. The fraction of sp³-hybridized carbons (Fsp3) is 0.955. The van der Waals surface area contributed by atoms with Crippen molar-refractivity contribution in [1.82, 2.24) is 0 Å². The number of unbranched alkanes of at least 4 members (excludes halogenated alkanes) is 17. The maximum absolute atomic E-state index is 9.22. The summed E-state index contributed by atoms with van der Waals surface area (Å²) in [6, 6.07) is 0. The van der Waals surface area contributed by atoms with Crippen LogP contribution in [0.25, 0.3) is 0 Å². The van der Waals surface area contributed by atoms with Crippen molar-refractivity contribution >= 4 is 0 Å². The van der Waals surface area contributed by atoms with Gasteiger partial charge in [0.25, 0.3) is 0 Å². The van der Waals surface area contributed by atoms with E-state index < -0.39 is 6.10 Å². The van der Waals surface area contributed by atoms with E-state index in [1.165, 1.54) is 96.3 Å². The number of hydrogen-bond donors (Lipinski definition) is 2. The average molecular weight is 342 g/mol. The van der Waals surface area contributed by atoms with Crippen LogP contribution in [0.15, 0.2) is 0 Å². The minimum absolute atomic E-state index is 0.104. The molecule has 2 heteroatoms. The molecule has 0 aliphatic rings. The molecule has 145 valence electrons. The van der Waals surface area contributed by atoms with Gasteiger partial charge in [-0.1, -0.05) is 110 Å². The van der Waals surface area contributed by atoms with Gasteiger partial charge < -0.3 is 10.2 Å². The molecule has 0 saturated carbocycles. The van der Waals surface area contributed by atoms with Crippen LogP contribution in [0.3, 0.4) is 0 Å². The van der Waals surface area contributed by atoms with Crippen LogP contribution < -0.4 is 0 Å². The lowest BCUT2D eigenvalue weighted by Gasteiger charge is -2.06. The Morgan fingerprint density at radius 1 is 0.625 bits per heavy atom. The van der Waals surface area contributed by atoms with Gasteiger partial charge in [0.2, 0.25) is 0 Å². The van der Waals surface area contributed by atoms with Gasteiger partial charge in [-0.05, 0) is 19.3 Å². The van der Waals surface area contributed by atoms with Crippen LogP contribution >= 0.6 is 0 Å². The Bertz CT molecular complexity index is 218. The lowest BCUT2D eigenvalue weighted by atomic mass is 10.0. The molecule has 0 rings (SSSR count). The Balaban J connectivity index is 2.98. The van der Waals surface area contributed by atoms with Crippen molar-refractivity contribution < 1.29 is 10.2 Å². The summed E-state index contributed by atoms with van der Waals surface area (Å²) in [5, 5.41) is 17.9. The van der Waals surface area contributed by atoms with E-state index in [0.29, 0.717) is 6.42 Å². The molecule has 0 bridgehead atoms. The second-order valence-electron chi connectivity index (χ2n) is 7.44. The summed E-state index contributed by atoms with van der Waals surface area (Å²) in [5.41, 5.74) is 0. The molecule has 2 N–H and O–H groups in total. The minimum atomic E-state index is -0.526. The van der Waals surface area contributed by atoms with Gasteiger partial charge in [0.05, 0.1) is 12.7 Å². The second kappa shape index (κ2) is 21.0. The van der Waals surface area contributed by atoms with Crippen molar-refractivity contribution in [2.45, 2.75) is 129 Å². The van der Waals surface area contributed by atoms with E-state index >= 15 is 0 Å². The normalized spacial score (nSPS) is 12.6. The fourth-order valence-electron chi connectivity index (χ4n) is 3.21. The SMILES string of the molecule is CCCCCCCCCCCCCCCCC[CH]CC[C@@H](O)CO. The molecule has 0 aromatic rings. The standard InChI is InChI=1S/C22H45O2/c1-2-3-4-5-6-7-8-9-10-11-12-13-14-15-16-17-18-19-20-22(24)21-23/h18,22-24H,2-17,19-21H2,1H3/t22-/m1/s1. The number of hydrogen-bond acceptors (Lipinski definition) is 2. The van der Waals surface area contributed by atoms with E-state index in [1.54, 1.807) is 0 Å². The van der Waals surface area contributed by atoms with Crippen LogP contribution in [0.1, 0.15) is 122 Å².